The van der Waals surface area contributed by atoms with Crippen LogP contribution >= 0.6 is 12.4 Å². The molecule has 0 saturated carbocycles. The highest BCUT2D eigenvalue weighted by Gasteiger charge is 2.45. The van der Waals surface area contributed by atoms with Crippen LogP contribution in [0.3, 0.4) is 0 Å². The minimum Gasteiger partial charge on any atom is -0.318 e. The van der Waals surface area contributed by atoms with Gasteiger partial charge in [0.15, 0.2) is 0 Å². The molecule has 4 nitrogen and oxygen atoms in total. The molecular formula is C22H26ClN3O. The van der Waals surface area contributed by atoms with Crippen molar-refractivity contribution in [1.82, 2.24) is 9.88 Å². The predicted molar refractivity (Wildman–Crippen MR) is 110 cm³/mol. The molecule has 5 heteroatoms. The van der Waals surface area contributed by atoms with Crippen LogP contribution in [0.1, 0.15) is 49.1 Å². The SMILES string of the molecule is Cl.O=C(N1CCCc2ccccc21)N1C2CCC1CC(c1cccnc1)C2. The lowest BCUT2D eigenvalue weighted by Crippen LogP contribution is -2.53. The summed E-state index contributed by atoms with van der Waals surface area (Å²) in [5, 5.41) is 0. The molecule has 0 radical (unpaired) electrons. The van der Waals surface area contributed by atoms with Crippen molar-refractivity contribution in [2.24, 2.45) is 0 Å². The monoisotopic (exact) mass is 383 g/mol. The summed E-state index contributed by atoms with van der Waals surface area (Å²) < 4.78 is 0. The van der Waals surface area contributed by atoms with Gasteiger partial charge in [0.1, 0.15) is 0 Å². The van der Waals surface area contributed by atoms with Gasteiger partial charge in [0, 0.05) is 36.7 Å². The number of carbonyl (C=O) groups is 1. The number of fused-ring (bicyclic) bond motifs is 3. The zero-order valence-electron chi connectivity index (χ0n) is 15.5. The number of nitrogens with zero attached hydrogens (tertiary/aromatic N) is 3. The summed E-state index contributed by atoms with van der Waals surface area (Å²) in [6.45, 7) is 0.845. The number of anilines is 1. The van der Waals surface area contributed by atoms with E-state index in [9.17, 15) is 4.79 Å². The average Bonchev–Trinajstić information content (AvgIpc) is 2.97. The standard InChI is InChI=1S/C22H25N3O.ClH/c26-22(24-12-4-7-16-5-1-2-8-21(16)24)25-19-9-10-20(25)14-18(13-19)17-6-3-11-23-15-17;/h1-3,5-6,8,11,15,18-20H,4,7,9-10,12-14H2;1H. The van der Waals surface area contributed by atoms with Crippen LogP contribution in [0.2, 0.25) is 0 Å². The summed E-state index contributed by atoms with van der Waals surface area (Å²) >= 11 is 0. The first-order valence-electron chi connectivity index (χ1n) is 9.89. The number of para-hydroxylation sites is 1. The number of carbonyl (C=O) groups excluding carboxylic acids is 1. The van der Waals surface area contributed by atoms with Gasteiger partial charge >= 0.3 is 6.03 Å². The maximum absolute atomic E-state index is 13.5. The van der Waals surface area contributed by atoms with Crippen molar-refractivity contribution < 1.29 is 4.79 Å². The molecule has 2 fully saturated rings. The van der Waals surface area contributed by atoms with Gasteiger partial charge in [-0.2, -0.15) is 0 Å². The number of hydrogen-bond acceptors (Lipinski definition) is 2. The van der Waals surface area contributed by atoms with Crippen molar-refractivity contribution in [3.05, 3.63) is 59.9 Å². The first-order valence-corrected chi connectivity index (χ1v) is 9.89. The van der Waals surface area contributed by atoms with Gasteiger partial charge in [0.25, 0.3) is 0 Å². The average molecular weight is 384 g/mol. The fraction of sp³-hybridized carbons (Fsp3) is 0.455. The predicted octanol–water partition coefficient (Wildman–Crippen LogP) is 4.79. The number of hydrogen-bond donors (Lipinski definition) is 0. The van der Waals surface area contributed by atoms with Gasteiger partial charge in [0.05, 0.1) is 0 Å². The maximum Gasteiger partial charge on any atom is 0.324 e. The minimum absolute atomic E-state index is 0. The van der Waals surface area contributed by atoms with Crippen molar-refractivity contribution in [2.45, 2.75) is 56.5 Å². The number of amides is 2. The van der Waals surface area contributed by atoms with Gasteiger partial charge in [-0.15, -0.1) is 12.4 Å². The molecule has 2 bridgehead atoms. The van der Waals surface area contributed by atoms with Crippen molar-refractivity contribution in [2.75, 3.05) is 11.4 Å². The van der Waals surface area contributed by atoms with Crippen molar-refractivity contribution in [3.63, 3.8) is 0 Å². The molecule has 3 aliphatic rings. The van der Waals surface area contributed by atoms with E-state index in [0.717, 1.165) is 50.8 Å². The van der Waals surface area contributed by atoms with Crippen molar-refractivity contribution in [3.8, 4) is 0 Å². The number of rotatable bonds is 1. The highest BCUT2D eigenvalue weighted by molar-refractivity contribution is 5.94. The van der Waals surface area contributed by atoms with E-state index >= 15 is 0 Å². The van der Waals surface area contributed by atoms with E-state index < -0.39 is 0 Å². The molecule has 0 aliphatic carbocycles. The number of aryl methyl sites for hydroxylation is 1. The van der Waals surface area contributed by atoms with E-state index in [1.54, 1.807) is 0 Å². The zero-order chi connectivity index (χ0) is 17.5. The molecule has 2 unspecified atom stereocenters. The van der Waals surface area contributed by atoms with Crippen LogP contribution in [0.25, 0.3) is 0 Å². The fourth-order valence-corrected chi connectivity index (χ4v) is 5.25. The first kappa shape index (κ1) is 18.3. The number of aromatic nitrogens is 1. The Labute approximate surface area is 167 Å². The number of urea groups is 1. The third-order valence-corrected chi connectivity index (χ3v) is 6.45. The second-order valence-corrected chi connectivity index (χ2v) is 7.91. The fourth-order valence-electron chi connectivity index (χ4n) is 5.25. The van der Waals surface area contributed by atoms with Gasteiger partial charge in [0.2, 0.25) is 0 Å². The Morgan fingerprint density at radius 1 is 1.04 bits per heavy atom. The van der Waals surface area contributed by atoms with Gasteiger partial charge in [-0.05, 0) is 67.7 Å². The quantitative estimate of drug-likeness (QED) is 0.710. The molecule has 0 N–H and O–H groups in total. The lowest BCUT2D eigenvalue weighted by Gasteiger charge is -2.42. The van der Waals surface area contributed by atoms with E-state index in [-0.39, 0.29) is 18.4 Å². The third-order valence-electron chi connectivity index (χ3n) is 6.45. The van der Waals surface area contributed by atoms with Gasteiger partial charge in [-0.3, -0.25) is 9.88 Å². The van der Waals surface area contributed by atoms with E-state index in [1.165, 1.54) is 11.1 Å². The minimum atomic E-state index is 0. The first-order chi connectivity index (χ1) is 12.8. The second-order valence-electron chi connectivity index (χ2n) is 7.91. The van der Waals surface area contributed by atoms with E-state index in [4.69, 9.17) is 0 Å². The lowest BCUT2D eigenvalue weighted by atomic mass is 9.86. The van der Waals surface area contributed by atoms with Crippen LogP contribution < -0.4 is 4.90 Å². The molecule has 3 aliphatic heterocycles. The molecule has 0 spiro atoms. The Hall–Kier alpha value is -2.07. The highest BCUT2D eigenvalue weighted by atomic mass is 35.5. The van der Waals surface area contributed by atoms with Crippen LogP contribution in [0.4, 0.5) is 10.5 Å². The number of piperidine rings is 1. The Bertz CT molecular complexity index is 798. The summed E-state index contributed by atoms with van der Waals surface area (Å²) in [5.74, 6) is 0.541. The molecule has 27 heavy (non-hydrogen) atoms. The topological polar surface area (TPSA) is 36.4 Å². The van der Waals surface area contributed by atoms with Crippen LogP contribution in [-0.2, 0) is 6.42 Å². The Morgan fingerprint density at radius 2 is 1.81 bits per heavy atom. The van der Waals surface area contributed by atoms with Crippen molar-refractivity contribution >= 4 is 24.1 Å². The molecule has 2 aromatic rings. The molecule has 2 saturated heterocycles. The highest BCUT2D eigenvalue weighted by Crippen LogP contribution is 2.44. The largest absolute Gasteiger partial charge is 0.324 e. The Balaban J connectivity index is 0.00000180. The number of pyridine rings is 1. The summed E-state index contributed by atoms with van der Waals surface area (Å²) in [4.78, 5) is 22.0. The summed E-state index contributed by atoms with van der Waals surface area (Å²) in [6, 6.07) is 13.6. The normalized spacial score (nSPS) is 26.3. The van der Waals surface area contributed by atoms with Gasteiger partial charge in [-0.25, -0.2) is 4.79 Å². The van der Waals surface area contributed by atoms with E-state index in [0.29, 0.717) is 18.0 Å². The molecule has 1 aromatic carbocycles. The van der Waals surface area contributed by atoms with Crippen LogP contribution in [-0.4, -0.2) is 34.5 Å². The summed E-state index contributed by atoms with van der Waals surface area (Å²) in [7, 11) is 0. The number of benzene rings is 1. The smallest absolute Gasteiger partial charge is 0.318 e. The Morgan fingerprint density at radius 3 is 2.56 bits per heavy atom. The Kier molecular flexibility index (Phi) is 5.09. The summed E-state index contributed by atoms with van der Waals surface area (Å²) in [6.07, 6.45) is 10.4. The molecule has 2 atom stereocenters. The molecular weight excluding hydrogens is 358 g/mol. The van der Waals surface area contributed by atoms with E-state index in [2.05, 4.69) is 34.1 Å². The third kappa shape index (κ3) is 3.20. The van der Waals surface area contributed by atoms with Crippen molar-refractivity contribution in [1.29, 1.82) is 0 Å². The molecule has 2 amide bonds. The molecule has 1 aromatic heterocycles. The number of halogens is 1. The van der Waals surface area contributed by atoms with Gasteiger partial charge in [-0.1, -0.05) is 24.3 Å². The molecule has 5 rings (SSSR count). The molecule has 4 heterocycles. The lowest BCUT2D eigenvalue weighted by molar-refractivity contribution is 0.143. The van der Waals surface area contributed by atoms with Crippen LogP contribution in [0.5, 0.6) is 0 Å². The zero-order valence-corrected chi connectivity index (χ0v) is 16.3. The van der Waals surface area contributed by atoms with Crippen LogP contribution in [0, 0.1) is 0 Å². The van der Waals surface area contributed by atoms with Crippen LogP contribution in [0.15, 0.2) is 48.8 Å². The second kappa shape index (κ2) is 7.51. The van der Waals surface area contributed by atoms with Gasteiger partial charge < -0.3 is 4.90 Å². The maximum atomic E-state index is 13.5. The molecule has 142 valence electrons. The van der Waals surface area contributed by atoms with E-state index in [1.807, 2.05) is 29.4 Å². The summed E-state index contributed by atoms with van der Waals surface area (Å²) in [5.41, 5.74) is 3.77.